The van der Waals surface area contributed by atoms with E-state index in [0.29, 0.717) is 6.61 Å². The number of hydrogen-bond acceptors (Lipinski definition) is 2. The van der Waals surface area contributed by atoms with Crippen LogP contribution in [0, 0.1) is 5.92 Å². The van der Waals surface area contributed by atoms with Gasteiger partial charge in [-0.3, -0.25) is 0 Å². The first kappa shape index (κ1) is 10.4. The van der Waals surface area contributed by atoms with Crippen LogP contribution in [0.25, 0.3) is 0 Å². The Labute approximate surface area is 87.3 Å². The summed E-state index contributed by atoms with van der Waals surface area (Å²) in [5, 5.41) is 8.90. The van der Waals surface area contributed by atoms with E-state index in [0.717, 1.165) is 18.4 Å². The van der Waals surface area contributed by atoms with Crippen LogP contribution in [0.2, 0.25) is 0 Å². The summed E-state index contributed by atoms with van der Waals surface area (Å²) in [5.74, 6) is 0.780. The molecule has 0 radical (unpaired) electrons. The molecule has 14 heavy (non-hydrogen) atoms. The van der Waals surface area contributed by atoms with E-state index in [1.165, 1.54) is 51.6 Å². The third-order valence-corrected chi connectivity index (χ3v) is 3.95. The summed E-state index contributed by atoms with van der Waals surface area (Å²) >= 11 is 0. The van der Waals surface area contributed by atoms with Gasteiger partial charge in [0.2, 0.25) is 0 Å². The second kappa shape index (κ2) is 5.13. The van der Waals surface area contributed by atoms with Crippen molar-refractivity contribution in [2.45, 2.75) is 51.0 Å². The van der Waals surface area contributed by atoms with E-state index in [1.807, 2.05) is 0 Å². The van der Waals surface area contributed by atoms with E-state index in [-0.39, 0.29) is 0 Å². The zero-order valence-corrected chi connectivity index (χ0v) is 9.12. The highest BCUT2D eigenvalue weighted by atomic mass is 16.3. The highest BCUT2D eigenvalue weighted by Crippen LogP contribution is 2.28. The van der Waals surface area contributed by atoms with Gasteiger partial charge in [0.15, 0.2) is 0 Å². The lowest BCUT2D eigenvalue weighted by Crippen LogP contribution is -2.34. The minimum Gasteiger partial charge on any atom is -0.396 e. The molecule has 0 amide bonds. The number of aliphatic hydroxyl groups is 1. The fourth-order valence-corrected chi connectivity index (χ4v) is 3.06. The molecule has 0 aromatic carbocycles. The summed E-state index contributed by atoms with van der Waals surface area (Å²) in [6.45, 7) is 2.92. The maximum Gasteiger partial charge on any atom is 0.0434 e. The number of nitrogens with zero attached hydrogens (tertiary/aromatic N) is 1. The van der Waals surface area contributed by atoms with Gasteiger partial charge < -0.3 is 10.0 Å². The molecular weight excluding hydrogens is 174 g/mol. The Morgan fingerprint density at radius 2 is 1.86 bits per heavy atom. The lowest BCUT2D eigenvalue weighted by molar-refractivity contribution is 0.179. The highest BCUT2D eigenvalue weighted by Gasteiger charge is 2.28. The van der Waals surface area contributed by atoms with Gasteiger partial charge in [-0.2, -0.15) is 0 Å². The second-order valence-electron chi connectivity index (χ2n) is 4.95. The maximum atomic E-state index is 8.90. The van der Waals surface area contributed by atoms with Gasteiger partial charge in [-0.1, -0.05) is 19.3 Å². The summed E-state index contributed by atoms with van der Waals surface area (Å²) in [5.41, 5.74) is 0. The Morgan fingerprint density at radius 1 is 1.07 bits per heavy atom. The Balaban J connectivity index is 1.76. The van der Waals surface area contributed by atoms with E-state index < -0.39 is 0 Å². The molecule has 2 fully saturated rings. The van der Waals surface area contributed by atoms with Crippen molar-refractivity contribution < 1.29 is 5.11 Å². The molecular formula is C12H23NO. The van der Waals surface area contributed by atoms with Crippen molar-refractivity contribution >= 4 is 0 Å². The summed E-state index contributed by atoms with van der Waals surface area (Å²) in [6, 6.07) is 0.882. The molecule has 1 saturated carbocycles. The van der Waals surface area contributed by atoms with Crippen LogP contribution in [0.3, 0.4) is 0 Å². The lowest BCUT2D eigenvalue weighted by Gasteiger charge is -2.31. The van der Waals surface area contributed by atoms with Gasteiger partial charge in [-0.05, 0) is 38.1 Å². The van der Waals surface area contributed by atoms with E-state index in [1.54, 1.807) is 0 Å². The minimum absolute atomic E-state index is 0.378. The van der Waals surface area contributed by atoms with Crippen molar-refractivity contribution in [1.82, 2.24) is 4.90 Å². The van der Waals surface area contributed by atoms with Gasteiger partial charge in [0, 0.05) is 19.2 Å². The van der Waals surface area contributed by atoms with Crippen LogP contribution in [0.15, 0.2) is 0 Å². The van der Waals surface area contributed by atoms with Crippen LogP contribution in [-0.4, -0.2) is 35.7 Å². The molecule has 2 nitrogen and oxygen atoms in total. The van der Waals surface area contributed by atoms with Crippen LogP contribution in [-0.2, 0) is 0 Å². The monoisotopic (exact) mass is 197 g/mol. The summed E-state index contributed by atoms with van der Waals surface area (Å²) in [4.78, 5) is 2.68. The van der Waals surface area contributed by atoms with Crippen LogP contribution < -0.4 is 0 Å². The van der Waals surface area contributed by atoms with Crippen molar-refractivity contribution in [1.29, 1.82) is 0 Å². The smallest absolute Gasteiger partial charge is 0.0434 e. The van der Waals surface area contributed by atoms with Crippen molar-refractivity contribution in [3.63, 3.8) is 0 Å². The molecule has 1 saturated heterocycles. The van der Waals surface area contributed by atoms with E-state index >= 15 is 0 Å². The molecule has 0 aromatic heterocycles. The van der Waals surface area contributed by atoms with E-state index in [4.69, 9.17) is 5.11 Å². The first-order valence-corrected chi connectivity index (χ1v) is 6.25. The molecule has 2 aliphatic rings. The predicted molar refractivity (Wildman–Crippen MR) is 58.3 cm³/mol. The van der Waals surface area contributed by atoms with Gasteiger partial charge >= 0.3 is 0 Å². The maximum absolute atomic E-state index is 8.90. The van der Waals surface area contributed by atoms with Gasteiger partial charge in [0.25, 0.3) is 0 Å². The normalized spacial score (nSPS) is 31.1. The van der Waals surface area contributed by atoms with E-state index in [9.17, 15) is 0 Å². The third kappa shape index (κ3) is 2.48. The van der Waals surface area contributed by atoms with E-state index in [2.05, 4.69) is 4.90 Å². The summed E-state index contributed by atoms with van der Waals surface area (Å²) < 4.78 is 0. The van der Waals surface area contributed by atoms with Crippen molar-refractivity contribution in [3.8, 4) is 0 Å². The molecule has 1 N–H and O–H groups in total. The van der Waals surface area contributed by atoms with Gasteiger partial charge in [0.05, 0.1) is 0 Å². The quantitative estimate of drug-likeness (QED) is 0.748. The average molecular weight is 197 g/mol. The second-order valence-corrected chi connectivity index (χ2v) is 4.95. The SMILES string of the molecule is OCCC1CCN(C2CCCCC2)C1. The number of aliphatic hydroxyl groups excluding tert-OH is 1. The molecule has 1 aliphatic heterocycles. The topological polar surface area (TPSA) is 23.5 Å². The zero-order chi connectivity index (χ0) is 9.80. The highest BCUT2D eigenvalue weighted by molar-refractivity contribution is 4.83. The molecule has 1 atom stereocenters. The standard InChI is InChI=1S/C12H23NO/c14-9-7-11-6-8-13(10-11)12-4-2-1-3-5-12/h11-12,14H,1-10H2. The van der Waals surface area contributed by atoms with Crippen LogP contribution in [0.1, 0.15) is 44.9 Å². The minimum atomic E-state index is 0.378. The lowest BCUT2D eigenvalue weighted by atomic mass is 9.94. The molecule has 0 spiro atoms. The Hall–Kier alpha value is -0.0800. The number of likely N-dealkylation sites (tertiary alicyclic amines) is 1. The average Bonchev–Trinajstić information content (AvgIpc) is 2.68. The Kier molecular flexibility index (Phi) is 3.82. The van der Waals surface area contributed by atoms with Crippen LogP contribution in [0.5, 0.6) is 0 Å². The van der Waals surface area contributed by atoms with Crippen LogP contribution >= 0.6 is 0 Å². The molecule has 1 unspecified atom stereocenters. The third-order valence-electron chi connectivity index (χ3n) is 3.95. The molecule has 2 heteroatoms. The largest absolute Gasteiger partial charge is 0.396 e. The molecule has 82 valence electrons. The molecule has 0 aromatic rings. The number of rotatable bonds is 3. The van der Waals surface area contributed by atoms with Gasteiger partial charge in [-0.25, -0.2) is 0 Å². The Morgan fingerprint density at radius 3 is 2.57 bits per heavy atom. The first-order valence-electron chi connectivity index (χ1n) is 6.25. The first-order chi connectivity index (χ1) is 6.90. The summed E-state index contributed by atoms with van der Waals surface area (Å²) in [7, 11) is 0. The molecule has 0 bridgehead atoms. The zero-order valence-electron chi connectivity index (χ0n) is 9.12. The van der Waals surface area contributed by atoms with Crippen LogP contribution in [0.4, 0.5) is 0 Å². The predicted octanol–water partition coefficient (Wildman–Crippen LogP) is 2.02. The van der Waals surface area contributed by atoms with Crippen molar-refractivity contribution in [3.05, 3.63) is 0 Å². The van der Waals surface area contributed by atoms with Gasteiger partial charge in [-0.15, -0.1) is 0 Å². The molecule has 1 aliphatic carbocycles. The fraction of sp³-hybridized carbons (Fsp3) is 1.00. The van der Waals surface area contributed by atoms with Gasteiger partial charge in [0.1, 0.15) is 0 Å². The number of hydrogen-bond donors (Lipinski definition) is 1. The van der Waals surface area contributed by atoms with Crippen molar-refractivity contribution in [2.24, 2.45) is 5.92 Å². The van der Waals surface area contributed by atoms with Crippen molar-refractivity contribution in [2.75, 3.05) is 19.7 Å². The molecule has 1 heterocycles. The molecule has 2 rings (SSSR count). The summed E-state index contributed by atoms with van der Waals surface area (Å²) in [6.07, 6.45) is 9.50. The Bertz CT molecular complexity index is 166. The fourth-order valence-electron chi connectivity index (χ4n) is 3.06.